The fourth-order valence-corrected chi connectivity index (χ4v) is 4.54. The van der Waals surface area contributed by atoms with Gasteiger partial charge in [-0.3, -0.25) is 10.0 Å². The molecule has 0 saturated carbocycles. The summed E-state index contributed by atoms with van der Waals surface area (Å²) in [5.41, 5.74) is 5.90. The van der Waals surface area contributed by atoms with Crippen molar-refractivity contribution in [2.75, 3.05) is 11.6 Å². The molecule has 0 aromatic heterocycles. The van der Waals surface area contributed by atoms with Gasteiger partial charge in [0.15, 0.2) is 0 Å². The quantitative estimate of drug-likeness (QED) is 0.0712. The maximum atomic E-state index is 13.2. The molecule has 0 aliphatic carbocycles. The van der Waals surface area contributed by atoms with Crippen LogP contribution in [0.4, 0.5) is 18.9 Å². The number of hydrogen-bond donors (Lipinski definition) is 1. The molecule has 0 aliphatic rings. The summed E-state index contributed by atoms with van der Waals surface area (Å²) >= 11 is 0. The molecular formula is C34H36F3N3. The molecule has 0 unspecified atom stereocenters. The largest absolute Gasteiger partial charge is 0.416 e. The Hall–Kier alpha value is -3.90. The predicted octanol–water partition coefficient (Wildman–Crippen LogP) is 9.31. The highest BCUT2D eigenvalue weighted by Gasteiger charge is 2.30. The Morgan fingerprint density at radius 1 is 0.725 bits per heavy atom. The van der Waals surface area contributed by atoms with Gasteiger partial charge < -0.3 is 0 Å². The highest BCUT2D eigenvalue weighted by Crippen LogP contribution is 2.33. The Morgan fingerprint density at radius 3 is 1.90 bits per heavy atom. The Labute approximate surface area is 235 Å². The molecule has 0 bridgehead atoms. The van der Waals surface area contributed by atoms with Crippen molar-refractivity contribution in [3.05, 3.63) is 114 Å². The number of unbranched alkanes of at least 4 members (excludes halogenated alkanes) is 2. The summed E-state index contributed by atoms with van der Waals surface area (Å²) < 4.78 is 39.7. The van der Waals surface area contributed by atoms with Crippen LogP contribution in [0, 0.1) is 0 Å². The molecule has 0 aliphatic heterocycles. The van der Waals surface area contributed by atoms with E-state index in [1.54, 1.807) is 0 Å². The predicted molar refractivity (Wildman–Crippen MR) is 160 cm³/mol. The molecule has 2 N–H and O–H groups in total. The number of alkyl halides is 3. The molecule has 208 valence electrons. The molecule has 4 aromatic rings. The van der Waals surface area contributed by atoms with E-state index in [0.29, 0.717) is 23.6 Å². The normalized spacial score (nSPS) is 12.0. The van der Waals surface area contributed by atoms with Crippen LogP contribution in [-0.4, -0.2) is 12.4 Å². The van der Waals surface area contributed by atoms with Gasteiger partial charge in [0.25, 0.3) is 0 Å². The maximum absolute atomic E-state index is 13.2. The van der Waals surface area contributed by atoms with Gasteiger partial charge in [0.05, 0.1) is 11.3 Å². The molecule has 0 amide bonds. The first-order valence-electron chi connectivity index (χ1n) is 13.9. The van der Waals surface area contributed by atoms with Crippen LogP contribution in [0.1, 0.15) is 56.2 Å². The number of hydrogen-bond acceptors (Lipinski definition) is 2. The minimum absolute atomic E-state index is 0.424. The Kier molecular flexibility index (Phi) is 9.78. The van der Waals surface area contributed by atoms with Gasteiger partial charge in [-0.1, -0.05) is 93.4 Å². The van der Waals surface area contributed by atoms with Crippen molar-refractivity contribution < 1.29 is 13.2 Å². The van der Waals surface area contributed by atoms with Gasteiger partial charge in [0.1, 0.15) is 5.84 Å². The van der Waals surface area contributed by atoms with E-state index in [2.05, 4.69) is 44.2 Å². The van der Waals surface area contributed by atoms with E-state index in [9.17, 15) is 13.2 Å². The number of amidine groups is 1. The highest BCUT2D eigenvalue weighted by molar-refractivity contribution is 6.09. The van der Waals surface area contributed by atoms with Crippen LogP contribution >= 0.6 is 0 Å². The summed E-state index contributed by atoms with van der Waals surface area (Å²) in [5.74, 6) is 7.15. The van der Waals surface area contributed by atoms with Gasteiger partial charge in [-0.05, 0) is 77.4 Å². The van der Waals surface area contributed by atoms with Gasteiger partial charge in [-0.25, -0.2) is 5.84 Å². The third-order valence-corrected chi connectivity index (χ3v) is 6.88. The van der Waals surface area contributed by atoms with Crippen LogP contribution in [0.5, 0.6) is 0 Å². The Morgan fingerprint density at radius 2 is 1.32 bits per heavy atom. The van der Waals surface area contributed by atoms with E-state index in [1.807, 2.05) is 42.5 Å². The van der Waals surface area contributed by atoms with E-state index in [0.717, 1.165) is 66.5 Å². The molecule has 0 heterocycles. The van der Waals surface area contributed by atoms with Crippen LogP contribution < -0.4 is 10.9 Å². The molecule has 0 radical (unpaired) electrons. The van der Waals surface area contributed by atoms with Gasteiger partial charge in [-0.2, -0.15) is 13.2 Å². The number of aliphatic imine (C=N–C) groups is 1. The average Bonchev–Trinajstić information content (AvgIpc) is 2.98. The summed E-state index contributed by atoms with van der Waals surface area (Å²) in [7, 11) is 0. The third kappa shape index (κ3) is 7.39. The van der Waals surface area contributed by atoms with Crippen molar-refractivity contribution in [3.8, 4) is 22.3 Å². The molecule has 0 fully saturated rings. The molecule has 0 saturated heterocycles. The average molecular weight is 544 g/mol. The number of halogens is 3. The van der Waals surface area contributed by atoms with Crippen molar-refractivity contribution in [2.45, 2.75) is 52.1 Å². The first kappa shape index (κ1) is 29.1. The summed E-state index contributed by atoms with van der Waals surface area (Å²) in [4.78, 5) is 4.73. The zero-order valence-electron chi connectivity index (χ0n) is 23.1. The van der Waals surface area contributed by atoms with E-state index >= 15 is 0 Å². The van der Waals surface area contributed by atoms with Crippen LogP contribution in [0.15, 0.2) is 102 Å². The molecule has 0 spiro atoms. The number of benzene rings is 4. The number of aryl methyl sites for hydroxylation is 1. The summed E-state index contributed by atoms with van der Waals surface area (Å²) in [6.45, 7) is 4.77. The van der Waals surface area contributed by atoms with Crippen LogP contribution in [0.3, 0.4) is 0 Å². The third-order valence-electron chi connectivity index (χ3n) is 6.88. The number of anilines is 1. The van der Waals surface area contributed by atoms with Crippen molar-refractivity contribution in [2.24, 2.45) is 10.8 Å². The molecule has 6 heteroatoms. The lowest BCUT2D eigenvalue weighted by Gasteiger charge is -2.23. The maximum Gasteiger partial charge on any atom is 0.416 e. The van der Waals surface area contributed by atoms with Gasteiger partial charge in [0, 0.05) is 12.1 Å². The lowest BCUT2D eigenvalue weighted by molar-refractivity contribution is -0.137. The standard InChI is InChI=1S/C34H36F3N3/c1-3-5-10-25-13-15-27(16-14-25)30-22-29(26-11-8-7-9-12-26)23-32(24-30)40(38)33(39-21-6-4-2)28-17-19-31(20-18-28)34(35,36)37/h7-9,11-20,22-24H,3-6,10,21,38H2,1-2H3. The number of rotatable bonds is 10. The number of nitrogens with zero attached hydrogens (tertiary/aromatic N) is 2. The van der Waals surface area contributed by atoms with E-state index in [-0.39, 0.29) is 0 Å². The van der Waals surface area contributed by atoms with E-state index in [1.165, 1.54) is 22.7 Å². The van der Waals surface area contributed by atoms with Crippen molar-refractivity contribution in [1.82, 2.24) is 0 Å². The summed E-state index contributed by atoms with van der Waals surface area (Å²) in [6, 6.07) is 29.8. The molecule has 4 rings (SSSR count). The molecular weight excluding hydrogens is 507 g/mol. The van der Waals surface area contributed by atoms with E-state index in [4.69, 9.17) is 10.8 Å². The van der Waals surface area contributed by atoms with Crippen LogP contribution in [-0.2, 0) is 12.6 Å². The van der Waals surface area contributed by atoms with Gasteiger partial charge in [0.2, 0.25) is 0 Å². The molecule has 4 aromatic carbocycles. The minimum atomic E-state index is -4.41. The topological polar surface area (TPSA) is 41.6 Å². The summed E-state index contributed by atoms with van der Waals surface area (Å²) in [5, 5.41) is 1.49. The molecule has 3 nitrogen and oxygen atoms in total. The van der Waals surface area contributed by atoms with Crippen molar-refractivity contribution in [1.29, 1.82) is 0 Å². The Bertz CT molecular complexity index is 1390. The fraction of sp³-hybridized carbons (Fsp3) is 0.265. The SMILES string of the molecule is CCCCN=C(c1ccc(C(F)(F)F)cc1)N(N)c1cc(-c2ccccc2)cc(-c2ccc(CCCC)cc2)c1. The summed E-state index contributed by atoms with van der Waals surface area (Å²) in [6.07, 6.45) is 0.726. The van der Waals surface area contributed by atoms with Crippen LogP contribution in [0.25, 0.3) is 22.3 Å². The molecule has 0 atom stereocenters. The number of nitrogens with two attached hydrogens (primary N) is 1. The minimum Gasteiger partial charge on any atom is -0.267 e. The second kappa shape index (κ2) is 13.4. The van der Waals surface area contributed by atoms with Crippen LogP contribution in [0.2, 0.25) is 0 Å². The Balaban J connectivity index is 1.78. The number of hydrazine groups is 1. The lowest BCUT2D eigenvalue weighted by atomic mass is 9.96. The zero-order valence-corrected chi connectivity index (χ0v) is 23.1. The zero-order chi connectivity index (χ0) is 28.5. The van der Waals surface area contributed by atoms with Crippen molar-refractivity contribution in [3.63, 3.8) is 0 Å². The monoisotopic (exact) mass is 543 g/mol. The van der Waals surface area contributed by atoms with E-state index < -0.39 is 11.7 Å². The fourth-order valence-electron chi connectivity index (χ4n) is 4.54. The highest BCUT2D eigenvalue weighted by atomic mass is 19.4. The molecule has 40 heavy (non-hydrogen) atoms. The van der Waals surface area contributed by atoms with Gasteiger partial charge in [-0.15, -0.1) is 0 Å². The first-order chi connectivity index (χ1) is 19.3. The second-order valence-electron chi connectivity index (χ2n) is 9.94. The second-order valence-corrected chi connectivity index (χ2v) is 9.94. The lowest BCUT2D eigenvalue weighted by Crippen LogP contribution is -2.38. The van der Waals surface area contributed by atoms with Crippen molar-refractivity contribution >= 4 is 11.5 Å². The smallest absolute Gasteiger partial charge is 0.267 e. The first-order valence-corrected chi connectivity index (χ1v) is 13.9. The van der Waals surface area contributed by atoms with Gasteiger partial charge >= 0.3 is 6.18 Å².